The molecule has 0 aliphatic carbocycles. The Kier molecular flexibility index (Phi) is 4.86. The first-order valence-electron chi connectivity index (χ1n) is 7.71. The van der Waals surface area contributed by atoms with Crippen LogP contribution in [0.25, 0.3) is 0 Å². The highest BCUT2D eigenvalue weighted by atomic mass is 32.2. The molecule has 0 radical (unpaired) electrons. The van der Waals surface area contributed by atoms with E-state index in [1.165, 1.54) is 35.8 Å². The van der Waals surface area contributed by atoms with Gasteiger partial charge < -0.3 is 10.0 Å². The second-order valence-electron chi connectivity index (χ2n) is 5.94. The summed E-state index contributed by atoms with van der Waals surface area (Å²) in [6.07, 6.45) is 0. The van der Waals surface area contributed by atoms with E-state index in [4.69, 9.17) is 5.11 Å². The smallest absolute Gasteiger partial charge is 0.337 e. The van der Waals surface area contributed by atoms with Crippen LogP contribution in [0.4, 0.5) is 5.82 Å². The normalized spacial score (nSPS) is 14.3. The number of carbonyl (C=O) groups is 2. The molecule has 0 saturated carbocycles. The van der Waals surface area contributed by atoms with Crippen molar-refractivity contribution >= 4 is 39.1 Å². The van der Waals surface area contributed by atoms with E-state index in [0.29, 0.717) is 0 Å². The summed E-state index contributed by atoms with van der Waals surface area (Å²) < 4.78 is 26.2. The summed E-state index contributed by atoms with van der Waals surface area (Å²) in [6, 6.07) is 4.56. The molecule has 140 valence electrons. The van der Waals surface area contributed by atoms with Gasteiger partial charge in [0.05, 0.1) is 27.6 Å². The maximum Gasteiger partial charge on any atom is 0.337 e. The highest BCUT2D eigenvalue weighted by molar-refractivity contribution is 7.90. The zero-order valence-electron chi connectivity index (χ0n) is 14.0. The molecule has 3 rings (SSSR count). The van der Waals surface area contributed by atoms with E-state index in [2.05, 4.69) is 4.98 Å². The minimum Gasteiger partial charge on any atom is -0.478 e. The number of aromatic carboxylic acids is 1. The zero-order chi connectivity index (χ0) is 19.8. The fourth-order valence-corrected chi connectivity index (χ4v) is 4.70. The van der Waals surface area contributed by atoms with Gasteiger partial charge in [0.15, 0.2) is 0 Å². The van der Waals surface area contributed by atoms with Crippen LogP contribution in [0, 0.1) is 24.2 Å². The van der Waals surface area contributed by atoms with Crippen molar-refractivity contribution in [3.05, 3.63) is 39.7 Å². The minimum absolute atomic E-state index is 0.0327. The third kappa shape index (κ3) is 3.62. The molecule has 3 heterocycles. The van der Waals surface area contributed by atoms with Crippen LogP contribution in [0.1, 0.15) is 21.6 Å². The average Bonchev–Trinajstić information content (AvgIpc) is 3.08. The lowest BCUT2D eigenvalue weighted by atomic mass is 9.98. The van der Waals surface area contributed by atoms with Gasteiger partial charge >= 0.3 is 5.97 Å². The minimum atomic E-state index is -3.90. The average molecular weight is 406 g/mol. The van der Waals surface area contributed by atoms with Crippen LogP contribution >= 0.6 is 11.3 Å². The number of hydrogen-bond donors (Lipinski definition) is 2. The van der Waals surface area contributed by atoms with Crippen LogP contribution in [0.2, 0.25) is 0 Å². The Morgan fingerprint density at radius 2 is 2.15 bits per heavy atom. The van der Waals surface area contributed by atoms with Gasteiger partial charge in [0, 0.05) is 18.5 Å². The summed E-state index contributed by atoms with van der Waals surface area (Å²) in [5.41, 5.74) is 0.277. The number of amides is 1. The van der Waals surface area contributed by atoms with E-state index in [0.717, 1.165) is 0 Å². The topological polar surface area (TPSA) is 140 Å². The van der Waals surface area contributed by atoms with Gasteiger partial charge in [0.25, 0.3) is 10.0 Å². The number of carbonyl (C=O) groups excluding carboxylic acids is 1. The second-order valence-corrected chi connectivity index (χ2v) is 8.40. The number of thiophene rings is 1. The van der Waals surface area contributed by atoms with Crippen molar-refractivity contribution in [1.29, 1.82) is 5.26 Å². The van der Waals surface area contributed by atoms with Crippen LogP contribution in [-0.4, -0.2) is 43.5 Å². The van der Waals surface area contributed by atoms with E-state index in [-0.39, 0.29) is 40.6 Å². The standard InChI is InChI=1S/C16H14N4O5S2/c1-9-13(16(22)23)4-10(5-17)14(18-9)20-6-11(7-20)15(21)19-27(24,25)12-2-3-26-8-12/h2-4,8,11H,6-7H2,1H3,(H,19,21)(H,22,23). The molecule has 0 aromatic carbocycles. The summed E-state index contributed by atoms with van der Waals surface area (Å²) in [6.45, 7) is 1.88. The Balaban J connectivity index is 1.71. The number of pyridine rings is 1. The van der Waals surface area contributed by atoms with Gasteiger partial charge in [-0.3, -0.25) is 4.79 Å². The lowest BCUT2D eigenvalue weighted by molar-refractivity contribution is -0.123. The molecule has 0 atom stereocenters. The molecule has 0 spiro atoms. The Hall–Kier alpha value is -2.97. The van der Waals surface area contributed by atoms with Gasteiger partial charge in [0.2, 0.25) is 5.91 Å². The Morgan fingerprint density at radius 1 is 1.44 bits per heavy atom. The lowest BCUT2D eigenvalue weighted by Crippen LogP contribution is -2.55. The largest absolute Gasteiger partial charge is 0.478 e. The van der Waals surface area contributed by atoms with E-state index in [1.807, 2.05) is 10.8 Å². The van der Waals surface area contributed by atoms with Crippen molar-refractivity contribution in [3.8, 4) is 6.07 Å². The molecule has 2 N–H and O–H groups in total. The fourth-order valence-electron chi connectivity index (χ4n) is 2.63. The Labute approximate surface area is 158 Å². The fraction of sp³-hybridized carbons (Fsp3) is 0.250. The molecule has 1 aliphatic heterocycles. The molecular formula is C16H14N4O5S2. The predicted molar refractivity (Wildman–Crippen MR) is 96.0 cm³/mol. The number of sulfonamides is 1. The van der Waals surface area contributed by atoms with Gasteiger partial charge in [-0.25, -0.2) is 22.9 Å². The molecule has 9 nitrogen and oxygen atoms in total. The molecule has 11 heteroatoms. The number of hydrogen-bond acceptors (Lipinski definition) is 8. The van der Waals surface area contributed by atoms with Crippen molar-refractivity contribution in [2.45, 2.75) is 11.8 Å². The molecule has 1 aliphatic rings. The van der Waals surface area contributed by atoms with Gasteiger partial charge in [-0.2, -0.15) is 16.6 Å². The number of rotatable bonds is 5. The van der Waals surface area contributed by atoms with Crippen LogP contribution in [0.3, 0.4) is 0 Å². The number of nitriles is 1. The molecule has 0 unspecified atom stereocenters. The first-order chi connectivity index (χ1) is 12.7. The summed E-state index contributed by atoms with van der Waals surface area (Å²) in [5, 5.41) is 21.4. The van der Waals surface area contributed by atoms with Crippen molar-refractivity contribution in [1.82, 2.24) is 9.71 Å². The zero-order valence-corrected chi connectivity index (χ0v) is 15.7. The summed E-state index contributed by atoms with van der Waals surface area (Å²) in [5.74, 6) is -2.10. The Morgan fingerprint density at radius 3 is 2.70 bits per heavy atom. The number of nitrogens with one attached hydrogen (secondary N) is 1. The van der Waals surface area contributed by atoms with Crippen LogP contribution in [-0.2, 0) is 14.8 Å². The maximum atomic E-state index is 12.2. The number of carboxylic acids is 1. The van der Waals surface area contributed by atoms with Crippen LogP contribution in [0.5, 0.6) is 0 Å². The third-order valence-electron chi connectivity index (χ3n) is 4.14. The van der Waals surface area contributed by atoms with Crippen molar-refractivity contribution in [3.63, 3.8) is 0 Å². The van der Waals surface area contributed by atoms with Gasteiger partial charge in [-0.05, 0) is 24.4 Å². The molecule has 27 heavy (non-hydrogen) atoms. The van der Waals surface area contributed by atoms with Gasteiger partial charge in [-0.1, -0.05) is 0 Å². The van der Waals surface area contributed by atoms with E-state index >= 15 is 0 Å². The number of anilines is 1. The van der Waals surface area contributed by atoms with Gasteiger partial charge in [-0.15, -0.1) is 0 Å². The van der Waals surface area contributed by atoms with Crippen LogP contribution < -0.4 is 9.62 Å². The maximum absolute atomic E-state index is 12.2. The van der Waals surface area contributed by atoms with Gasteiger partial charge in [0.1, 0.15) is 11.9 Å². The van der Waals surface area contributed by atoms with E-state index in [9.17, 15) is 23.3 Å². The second kappa shape index (κ2) is 6.98. The monoisotopic (exact) mass is 406 g/mol. The van der Waals surface area contributed by atoms with Crippen molar-refractivity contribution in [2.24, 2.45) is 5.92 Å². The molecule has 0 bridgehead atoms. The SMILES string of the molecule is Cc1nc(N2CC(C(=O)NS(=O)(=O)c3ccsc3)C2)c(C#N)cc1C(=O)O. The number of aromatic nitrogens is 1. The summed E-state index contributed by atoms with van der Waals surface area (Å²) in [7, 11) is -3.90. The van der Waals surface area contributed by atoms with E-state index in [1.54, 1.807) is 10.3 Å². The van der Waals surface area contributed by atoms with Crippen molar-refractivity contribution < 1.29 is 23.1 Å². The molecule has 2 aromatic rings. The Bertz CT molecular complexity index is 1050. The summed E-state index contributed by atoms with van der Waals surface area (Å²) >= 11 is 1.21. The lowest BCUT2D eigenvalue weighted by Gasteiger charge is -2.39. The summed E-state index contributed by atoms with van der Waals surface area (Å²) in [4.78, 5) is 29.2. The quantitative estimate of drug-likeness (QED) is 0.748. The molecular weight excluding hydrogens is 392 g/mol. The highest BCUT2D eigenvalue weighted by Gasteiger charge is 2.37. The molecule has 2 aromatic heterocycles. The molecule has 1 amide bonds. The van der Waals surface area contributed by atoms with Crippen LogP contribution in [0.15, 0.2) is 27.8 Å². The molecule has 1 fully saturated rings. The predicted octanol–water partition coefficient (Wildman–Crippen LogP) is 0.963. The van der Waals surface area contributed by atoms with Crippen molar-refractivity contribution in [2.75, 3.05) is 18.0 Å². The number of carboxylic acid groups (broad SMARTS) is 1. The highest BCUT2D eigenvalue weighted by Crippen LogP contribution is 2.28. The number of nitrogens with zero attached hydrogens (tertiary/aromatic N) is 3. The third-order valence-corrected chi connectivity index (χ3v) is 6.31. The van der Waals surface area contributed by atoms with E-state index < -0.39 is 27.8 Å². The molecule has 1 saturated heterocycles. The number of aryl methyl sites for hydroxylation is 1. The first kappa shape index (κ1) is 18.8. The first-order valence-corrected chi connectivity index (χ1v) is 10.1.